The number of aliphatic carboxylic acids is 1. The quantitative estimate of drug-likeness (QED) is 0.0513. The Morgan fingerprint density at radius 1 is 0.786 bits per heavy atom. The Morgan fingerprint density at radius 3 is 1.76 bits per heavy atom. The van der Waals surface area contributed by atoms with E-state index in [0.717, 1.165) is 5.56 Å². The summed E-state index contributed by atoms with van der Waals surface area (Å²) in [6.07, 6.45) is 1.33. The fraction of sp³-hybridized carbons (Fsp3) is 0.556. The van der Waals surface area contributed by atoms with Gasteiger partial charge in [-0.2, -0.15) is 0 Å². The fourth-order valence-corrected chi connectivity index (χ4v) is 4.07. The summed E-state index contributed by atoms with van der Waals surface area (Å²) in [7, 11) is 0. The molecule has 14 N–H and O–H groups in total. The Balaban J connectivity index is 2.98. The first-order chi connectivity index (χ1) is 19.8. The maximum absolute atomic E-state index is 13.4. The number of carboxylic acid groups (broad SMARTS) is 1. The number of nitrogens with one attached hydrogen (secondary N) is 7. The Hall–Kier alpha value is -4.40. The number of carbonyl (C=O) groups is 4. The molecule has 0 aliphatic rings. The molecule has 0 heterocycles. The predicted octanol–water partition coefficient (Wildman–Crippen LogP) is -1.33. The van der Waals surface area contributed by atoms with E-state index in [2.05, 4.69) is 26.6 Å². The van der Waals surface area contributed by atoms with Crippen LogP contribution in [0.4, 0.5) is 0 Å². The molecule has 15 heteroatoms. The van der Waals surface area contributed by atoms with Gasteiger partial charge in [-0.15, -0.1) is 0 Å². The van der Waals surface area contributed by atoms with Crippen LogP contribution in [-0.2, 0) is 25.6 Å². The standard InChI is InChI=1S/C27H46N10O5/c1-16(2)14-21(37-22(38)18(28)15-17-8-4-3-5-9-17)24(40)35-19(10-6-12-33-26(29)30)23(39)36-20(25(41)42)11-7-13-34-27(31)32/h3-5,8-9,16,18-21H,6-7,10-15,28H2,1-2H3,(H,35,40)(H,36,39)(H,37,38)(H,41,42)(H4,29,30,33)(H4,31,32,34)/t18-,19-,20+,21-/m0/s1. The van der Waals surface area contributed by atoms with Gasteiger partial charge in [-0.05, 0) is 50.0 Å². The zero-order chi connectivity index (χ0) is 31.7. The summed E-state index contributed by atoms with van der Waals surface area (Å²) in [6, 6.07) is 4.95. The van der Waals surface area contributed by atoms with E-state index in [4.69, 9.17) is 28.0 Å². The van der Waals surface area contributed by atoms with Crippen molar-refractivity contribution in [1.82, 2.24) is 26.6 Å². The zero-order valence-corrected chi connectivity index (χ0v) is 24.2. The minimum Gasteiger partial charge on any atom is -0.480 e. The molecule has 0 spiro atoms. The number of rotatable bonds is 19. The van der Waals surface area contributed by atoms with Gasteiger partial charge in [0.15, 0.2) is 11.9 Å². The van der Waals surface area contributed by atoms with Gasteiger partial charge in [-0.3, -0.25) is 25.2 Å². The van der Waals surface area contributed by atoms with E-state index >= 15 is 0 Å². The topological polar surface area (TPSA) is 274 Å². The van der Waals surface area contributed by atoms with E-state index < -0.39 is 47.9 Å². The van der Waals surface area contributed by atoms with Crippen molar-refractivity contribution in [1.29, 1.82) is 10.8 Å². The van der Waals surface area contributed by atoms with Crippen molar-refractivity contribution >= 4 is 35.6 Å². The maximum atomic E-state index is 13.4. The minimum absolute atomic E-state index is 0.0124. The molecule has 3 amide bonds. The molecular formula is C27H46N10O5. The molecule has 0 saturated carbocycles. The second kappa shape index (κ2) is 18.9. The van der Waals surface area contributed by atoms with Crippen molar-refractivity contribution in [3.05, 3.63) is 35.9 Å². The number of amides is 3. The fourth-order valence-electron chi connectivity index (χ4n) is 4.07. The van der Waals surface area contributed by atoms with Gasteiger partial charge in [-0.1, -0.05) is 44.2 Å². The number of carbonyl (C=O) groups excluding carboxylic acids is 3. The molecule has 0 aliphatic carbocycles. The molecule has 0 fully saturated rings. The average Bonchev–Trinajstić information content (AvgIpc) is 2.91. The predicted molar refractivity (Wildman–Crippen MR) is 159 cm³/mol. The van der Waals surface area contributed by atoms with E-state index in [-0.39, 0.29) is 56.6 Å². The highest BCUT2D eigenvalue weighted by Crippen LogP contribution is 2.09. The maximum Gasteiger partial charge on any atom is 0.326 e. The average molecular weight is 591 g/mol. The molecule has 42 heavy (non-hydrogen) atoms. The summed E-state index contributed by atoms with van der Waals surface area (Å²) in [4.78, 5) is 51.3. The molecule has 234 valence electrons. The highest BCUT2D eigenvalue weighted by Gasteiger charge is 2.30. The molecule has 1 rings (SSSR count). The highest BCUT2D eigenvalue weighted by molar-refractivity contribution is 5.94. The van der Waals surface area contributed by atoms with Crippen molar-refractivity contribution in [3.8, 4) is 0 Å². The highest BCUT2D eigenvalue weighted by atomic mass is 16.4. The second-order valence-electron chi connectivity index (χ2n) is 10.4. The molecule has 0 radical (unpaired) electrons. The van der Waals surface area contributed by atoms with Gasteiger partial charge < -0.3 is 48.9 Å². The Bertz CT molecular complexity index is 1050. The summed E-state index contributed by atoms with van der Waals surface area (Å²) in [6.45, 7) is 4.25. The van der Waals surface area contributed by atoms with Gasteiger partial charge in [0, 0.05) is 13.1 Å². The van der Waals surface area contributed by atoms with Crippen LogP contribution < -0.4 is 43.8 Å². The number of benzene rings is 1. The summed E-state index contributed by atoms with van der Waals surface area (Å²) in [5.74, 6) is -3.59. The molecular weight excluding hydrogens is 544 g/mol. The summed E-state index contributed by atoms with van der Waals surface area (Å²) in [5.41, 5.74) is 17.5. The van der Waals surface area contributed by atoms with Crippen LogP contribution in [0.1, 0.15) is 51.5 Å². The van der Waals surface area contributed by atoms with Crippen molar-refractivity contribution in [3.63, 3.8) is 0 Å². The van der Waals surface area contributed by atoms with E-state index in [0.29, 0.717) is 12.8 Å². The van der Waals surface area contributed by atoms with Crippen molar-refractivity contribution in [2.45, 2.75) is 76.5 Å². The lowest BCUT2D eigenvalue weighted by Crippen LogP contribution is -2.57. The second-order valence-corrected chi connectivity index (χ2v) is 10.4. The zero-order valence-electron chi connectivity index (χ0n) is 24.2. The summed E-state index contributed by atoms with van der Waals surface area (Å²) in [5, 5.41) is 37.1. The first-order valence-corrected chi connectivity index (χ1v) is 13.9. The molecule has 0 saturated heterocycles. The van der Waals surface area contributed by atoms with Crippen LogP contribution in [0.15, 0.2) is 30.3 Å². The Kier molecular flexibility index (Phi) is 16.0. The van der Waals surface area contributed by atoms with E-state index in [9.17, 15) is 24.3 Å². The van der Waals surface area contributed by atoms with Crippen molar-refractivity contribution in [2.75, 3.05) is 13.1 Å². The third kappa shape index (κ3) is 14.8. The molecule has 1 aromatic carbocycles. The SMILES string of the molecule is CC(C)C[C@H](NC(=O)[C@@H](N)Cc1ccccc1)C(=O)N[C@@H](CCCNC(=N)N)C(=O)N[C@H](CCCNC(=N)N)C(=O)O. The van der Waals surface area contributed by atoms with Crippen LogP contribution in [0.5, 0.6) is 0 Å². The first-order valence-electron chi connectivity index (χ1n) is 13.9. The van der Waals surface area contributed by atoms with Crippen LogP contribution in [0.2, 0.25) is 0 Å². The monoisotopic (exact) mass is 590 g/mol. The molecule has 15 nitrogen and oxygen atoms in total. The van der Waals surface area contributed by atoms with Crippen LogP contribution >= 0.6 is 0 Å². The Labute approximate surface area is 246 Å². The van der Waals surface area contributed by atoms with Gasteiger partial charge in [0.05, 0.1) is 6.04 Å². The smallest absolute Gasteiger partial charge is 0.326 e. The van der Waals surface area contributed by atoms with Crippen LogP contribution in [0.3, 0.4) is 0 Å². The van der Waals surface area contributed by atoms with Gasteiger partial charge in [0.25, 0.3) is 0 Å². The van der Waals surface area contributed by atoms with E-state index in [1.54, 1.807) is 0 Å². The molecule has 0 aromatic heterocycles. The number of hydrogen-bond donors (Lipinski definition) is 11. The van der Waals surface area contributed by atoms with Crippen LogP contribution in [0, 0.1) is 16.7 Å². The van der Waals surface area contributed by atoms with Crippen molar-refractivity contribution < 1.29 is 24.3 Å². The first kappa shape index (κ1) is 35.6. The molecule has 0 unspecified atom stereocenters. The minimum atomic E-state index is -1.26. The number of hydrogen-bond acceptors (Lipinski definition) is 7. The van der Waals surface area contributed by atoms with Gasteiger partial charge in [-0.25, -0.2) is 4.79 Å². The number of nitrogens with two attached hydrogens (primary N) is 3. The van der Waals surface area contributed by atoms with Gasteiger partial charge in [0.2, 0.25) is 17.7 Å². The largest absolute Gasteiger partial charge is 0.480 e. The van der Waals surface area contributed by atoms with E-state index in [1.807, 2.05) is 44.2 Å². The number of guanidine groups is 2. The third-order valence-corrected chi connectivity index (χ3v) is 6.19. The van der Waals surface area contributed by atoms with Crippen molar-refractivity contribution in [2.24, 2.45) is 23.1 Å². The van der Waals surface area contributed by atoms with Gasteiger partial charge >= 0.3 is 5.97 Å². The van der Waals surface area contributed by atoms with E-state index in [1.165, 1.54) is 0 Å². The normalized spacial score (nSPS) is 13.6. The lowest BCUT2D eigenvalue weighted by molar-refractivity contribution is -0.142. The van der Waals surface area contributed by atoms with Crippen LogP contribution in [-0.4, -0.2) is 78.0 Å². The Morgan fingerprint density at radius 2 is 1.26 bits per heavy atom. The summed E-state index contributed by atoms with van der Waals surface area (Å²) >= 11 is 0. The third-order valence-electron chi connectivity index (χ3n) is 6.19. The van der Waals surface area contributed by atoms with Crippen LogP contribution in [0.25, 0.3) is 0 Å². The number of carboxylic acids is 1. The lowest BCUT2D eigenvalue weighted by atomic mass is 10.0. The molecule has 0 aliphatic heterocycles. The molecule has 1 aromatic rings. The lowest BCUT2D eigenvalue weighted by Gasteiger charge is -2.26. The van der Waals surface area contributed by atoms with Gasteiger partial charge in [0.1, 0.15) is 18.1 Å². The molecule has 4 atom stereocenters. The molecule has 0 bridgehead atoms. The summed E-state index contributed by atoms with van der Waals surface area (Å²) < 4.78 is 0.